The molecule has 1 atom stereocenters. The molecule has 0 aliphatic carbocycles. The van der Waals surface area contributed by atoms with E-state index in [4.69, 9.17) is 5.84 Å². The second-order valence-corrected chi connectivity index (χ2v) is 4.36. The third-order valence-corrected chi connectivity index (χ3v) is 2.89. The Balaban J connectivity index is 2.38. The third kappa shape index (κ3) is 5.53. The molecule has 0 fully saturated rings. The first kappa shape index (κ1) is 13.8. The molecule has 0 bridgehead atoms. The molecule has 0 saturated carbocycles. The maximum absolute atomic E-state index is 5.55. The van der Waals surface area contributed by atoms with Crippen molar-refractivity contribution in [3.05, 3.63) is 35.4 Å². The normalized spacial score (nSPS) is 11.7. The van der Waals surface area contributed by atoms with E-state index in [0.717, 1.165) is 25.7 Å². The van der Waals surface area contributed by atoms with Gasteiger partial charge in [-0.2, -0.15) is 0 Å². The van der Waals surface area contributed by atoms with Crippen LogP contribution in [0.5, 0.6) is 0 Å². The number of benzene rings is 1. The van der Waals surface area contributed by atoms with Crippen LogP contribution < -0.4 is 11.3 Å². The molecular weight excluding hydrogens is 208 g/mol. The van der Waals surface area contributed by atoms with Crippen LogP contribution in [0.4, 0.5) is 0 Å². The highest BCUT2D eigenvalue weighted by Gasteiger charge is 2.05. The summed E-state index contributed by atoms with van der Waals surface area (Å²) in [5.74, 6) is 11.5. The summed E-state index contributed by atoms with van der Waals surface area (Å²) in [6.07, 6.45) is 4.06. The zero-order chi connectivity index (χ0) is 12.5. The molecule has 1 aromatic rings. The van der Waals surface area contributed by atoms with Crippen LogP contribution in [0.1, 0.15) is 37.3 Å². The van der Waals surface area contributed by atoms with Gasteiger partial charge in [-0.1, -0.05) is 29.8 Å². The van der Waals surface area contributed by atoms with Crippen molar-refractivity contribution in [3.8, 4) is 11.8 Å². The quantitative estimate of drug-likeness (QED) is 0.448. The van der Waals surface area contributed by atoms with E-state index in [1.165, 1.54) is 11.1 Å². The minimum atomic E-state index is 0.358. The molecule has 0 radical (unpaired) electrons. The van der Waals surface area contributed by atoms with E-state index in [1.54, 1.807) is 0 Å². The number of hydrazine groups is 1. The fourth-order valence-corrected chi connectivity index (χ4v) is 1.89. The lowest BCUT2D eigenvalue weighted by molar-refractivity contribution is 0.469. The summed E-state index contributed by atoms with van der Waals surface area (Å²) in [6, 6.07) is 9.00. The Morgan fingerprint density at radius 3 is 2.82 bits per heavy atom. The number of aryl methyl sites for hydroxylation is 2. The first-order valence-electron chi connectivity index (χ1n) is 6.17. The third-order valence-electron chi connectivity index (χ3n) is 2.89. The van der Waals surface area contributed by atoms with Crippen molar-refractivity contribution >= 4 is 0 Å². The van der Waals surface area contributed by atoms with Gasteiger partial charge in [0, 0.05) is 12.5 Å². The Hall–Kier alpha value is -1.30. The predicted octanol–water partition coefficient (Wildman–Crippen LogP) is 2.56. The van der Waals surface area contributed by atoms with E-state index in [-0.39, 0.29) is 0 Å². The van der Waals surface area contributed by atoms with Crippen LogP contribution in [0.15, 0.2) is 24.3 Å². The van der Waals surface area contributed by atoms with Crippen LogP contribution in [0.25, 0.3) is 0 Å². The Morgan fingerprint density at radius 2 is 2.18 bits per heavy atom. The number of nitrogens with two attached hydrogens (primary N) is 1. The Morgan fingerprint density at radius 1 is 1.35 bits per heavy atom. The Bertz CT molecular complexity index is 387. The molecule has 3 N–H and O–H groups in total. The number of nitrogens with one attached hydrogen (secondary N) is 1. The molecule has 2 nitrogen and oxygen atoms in total. The minimum absolute atomic E-state index is 0.358. The smallest absolute Gasteiger partial charge is 0.0222 e. The SMILES string of the molecule is CC#CCCC(CCc1cccc(C)c1)NN. The first-order chi connectivity index (χ1) is 8.26. The summed E-state index contributed by atoms with van der Waals surface area (Å²) in [7, 11) is 0. The number of hydrogen-bond acceptors (Lipinski definition) is 2. The molecule has 0 heterocycles. The van der Waals surface area contributed by atoms with Crippen molar-refractivity contribution in [2.24, 2.45) is 5.84 Å². The maximum Gasteiger partial charge on any atom is 0.0222 e. The lowest BCUT2D eigenvalue weighted by Crippen LogP contribution is -2.35. The summed E-state index contributed by atoms with van der Waals surface area (Å²) in [5.41, 5.74) is 5.58. The monoisotopic (exact) mass is 230 g/mol. The molecule has 0 aliphatic heterocycles. The van der Waals surface area contributed by atoms with Crippen LogP contribution in [-0.4, -0.2) is 6.04 Å². The predicted molar refractivity (Wildman–Crippen MR) is 73.3 cm³/mol. The zero-order valence-electron chi connectivity index (χ0n) is 10.8. The van der Waals surface area contributed by atoms with E-state index in [0.29, 0.717) is 6.04 Å². The lowest BCUT2D eigenvalue weighted by Gasteiger charge is -2.14. The Labute approximate surface area is 105 Å². The second kappa shape index (κ2) is 7.89. The number of rotatable bonds is 6. The van der Waals surface area contributed by atoms with Crippen molar-refractivity contribution in [3.63, 3.8) is 0 Å². The molecule has 92 valence electrons. The largest absolute Gasteiger partial charge is 0.271 e. The first-order valence-corrected chi connectivity index (χ1v) is 6.17. The van der Waals surface area contributed by atoms with Gasteiger partial charge in [-0.3, -0.25) is 11.3 Å². The second-order valence-electron chi connectivity index (χ2n) is 4.36. The highest BCUT2D eigenvalue weighted by molar-refractivity contribution is 5.22. The molecule has 0 spiro atoms. The maximum atomic E-state index is 5.55. The van der Waals surface area contributed by atoms with Gasteiger partial charge >= 0.3 is 0 Å². The molecule has 2 heteroatoms. The summed E-state index contributed by atoms with van der Waals surface area (Å²) < 4.78 is 0. The zero-order valence-corrected chi connectivity index (χ0v) is 10.8. The molecule has 0 saturated heterocycles. The molecule has 17 heavy (non-hydrogen) atoms. The van der Waals surface area contributed by atoms with Gasteiger partial charge in [-0.25, -0.2) is 0 Å². The molecule has 1 unspecified atom stereocenters. The molecule has 0 amide bonds. The van der Waals surface area contributed by atoms with Crippen molar-refractivity contribution in [1.29, 1.82) is 0 Å². The van der Waals surface area contributed by atoms with E-state index in [9.17, 15) is 0 Å². The summed E-state index contributed by atoms with van der Waals surface area (Å²) >= 11 is 0. The molecule has 0 aromatic heterocycles. The summed E-state index contributed by atoms with van der Waals surface area (Å²) in [6.45, 7) is 4.00. The minimum Gasteiger partial charge on any atom is -0.271 e. The molecule has 0 aliphatic rings. The molecule has 1 rings (SSSR count). The van der Waals surface area contributed by atoms with Gasteiger partial charge in [0.25, 0.3) is 0 Å². The fourth-order valence-electron chi connectivity index (χ4n) is 1.89. The van der Waals surface area contributed by atoms with Crippen LogP contribution in [0.2, 0.25) is 0 Å². The highest BCUT2D eigenvalue weighted by atomic mass is 15.2. The van der Waals surface area contributed by atoms with Gasteiger partial charge in [0.2, 0.25) is 0 Å². The van der Waals surface area contributed by atoms with Gasteiger partial charge in [-0.15, -0.1) is 11.8 Å². The lowest BCUT2D eigenvalue weighted by atomic mass is 10.0. The Kier molecular flexibility index (Phi) is 6.39. The van der Waals surface area contributed by atoms with Crippen molar-refractivity contribution in [2.45, 2.75) is 45.6 Å². The van der Waals surface area contributed by atoms with Crippen LogP contribution >= 0.6 is 0 Å². The van der Waals surface area contributed by atoms with Crippen LogP contribution in [0, 0.1) is 18.8 Å². The van der Waals surface area contributed by atoms with Gasteiger partial charge in [0.15, 0.2) is 0 Å². The topological polar surface area (TPSA) is 38.0 Å². The number of hydrogen-bond donors (Lipinski definition) is 2. The average molecular weight is 230 g/mol. The summed E-state index contributed by atoms with van der Waals surface area (Å²) in [5, 5.41) is 0. The van der Waals surface area contributed by atoms with Gasteiger partial charge in [0.1, 0.15) is 0 Å². The van der Waals surface area contributed by atoms with Gasteiger partial charge in [0.05, 0.1) is 0 Å². The van der Waals surface area contributed by atoms with E-state index >= 15 is 0 Å². The van der Waals surface area contributed by atoms with Gasteiger partial charge < -0.3 is 0 Å². The van der Waals surface area contributed by atoms with Crippen LogP contribution in [-0.2, 0) is 6.42 Å². The van der Waals surface area contributed by atoms with E-state index in [1.807, 2.05) is 6.92 Å². The van der Waals surface area contributed by atoms with Crippen LogP contribution in [0.3, 0.4) is 0 Å². The summed E-state index contributed by atoms with van der Waals surface area (Å²) in [4.78, 5) is 0. The van der Waals surface area contributed by atoms with E-state index < -0.39 is 0 Å². The van der Waals surface area contributed by atoms with E-state index in [2.05, 4.69) is 48.5 Å². The fraction of sp³-hybridized carbons (Fsp3) is 0.467. The average Bonchev–Trinajstić information content (AvgIpc) is 2.34. The molecule has 1 aromatic carbocycles. The van der Waals surface area contributed by atoms with Gasteiger partial charge in [-0.05, 0) is 38.7 Å². The standard InChI is InChI=1S/C15H22N2/c1-3-4-5-9-15(17-16)11-10-14-8-6-7-13(2)12-14/h6-8,12,15,17H,5,9-11,16H2,1-2H3. The molecular formula is C15H22N2. The van der Waals surface area contributed by atoms with Crippen molar-refractivity contribution in [2.75, 3.05) is 0 Å². The highest BCUT2D eigenvalue weighted by Crippen LogP contribution is 2.10. The van der Waals surface area contributed by atoms with Crippen molar-refractivity contribution < 1.29 is 0 Å². The van der Waals surface area contributed by atoms with Crippen molar-refractivity contribution in [1.82, 2.24) is 5.43 Å².